The fourth-order valence-corrected chi connectivity index (χ4v) is 3.53. The summed E-state index contributed by atoms with van der Waals surface area (Å²) in [5, 5.41) is 8.61. The quantitative estimate of drug-likeness (QED) is 0.918. The highest BCUT2D eigenvalue weighted by Gasteiger charge is 2.30. The SMILES string of the molecule is O=C(c1csc(-c2cn[nH]c2)c1)N1CC=C2OCCOC2C1. The van der Waals surface area contributed by atoms with Gasteiger partial charge in [-0.15, -0.1) is 11.3 Å². The predicted molar refractivity (Wildman–Crippen MR) is 81.6 cm³/mol. The van der Waals surface area contributed by atoms with Crippen LogP contribution in [0.15, 0.2) is 35.7 Å². The summed E-state index contributed by atoms with van der Waals surface area (Å²) in [7, 11) is 0. The van der Waals surface area contributed by atoms with Gasteiger partial charge in [0.1, 0.15) is 18.5 Å². The Morgan fingerprint density at radius 3 is 3.27 bits per heavy atom. The molecule has 2 aliphatic rings. The second-order valence-corrected chi connectivity index (χ2v) is 6.12. The first-order valence-electron chi connectivity index (χ1n) is 7.12. The van der Waals surface area contributed by atoms with Crippen molar-refractivity contribution in [3.63, 3.8) is 0 Å². The van der Waals surface area contributed by atoms with Crippen molar-refractivity contribution in [2.45, 2.75) is 6.10 Å². The van der Waals surface area contributed by atoms with Gasteiger partial charge in [0.15, 0.2) is 0 Å². The van der Waals surface area contributed by atoms with E-state index in [0.29, 0.717) is 31.9 Å². The third-order valence-electron chi connectivity index (χ3n) is 3.80. The summed E-state index contributed by atoms with van der Waals surface area (Å²) < 4.78 is 11.2. The Morgan fingerprint density at radius 2 is 2.41 bits per heavy atom. The molecule has 4 rings (SSSR count). The number of H-pyrrole nitrogens is 1. The van der Waals surface area contributed by atoms with Gasteiger partial charge >= 0.3 is 0 Å². The average Bonchev–Trinajstić information content (AvgIpc) is 3.24. The Labute approximate surface area is 131 Å². The number of nitrogens with zero attached hydrogens (tertiary/aromatic N) is 2. The highest BCUT2D eigenvalue weighted by molar-refractivity contribution is 7.13. The average molecular weight is 317 g/mol. The van der Waals surface area contributed by atoms with Gasteiger partial charge in [0.25, 0.3) is 5.91 Å². The first kappa shape index (κ1) is 13.5. The van der Waals surface area contributed by atoms with Crippen LogP contribution in [0.4, 0.5) is 0 Å². The van der Waals surface area contributed by atoms with Crippen LogP contribution in [0.5, 0.6) is 0 Å². The number of carbonyl (C=O) groups excluding carboxylic acids is 1. The molecule has 114 valence electrons. The maximum absolute atomic E-state index is 12.6. The molecule has 2 aliphatic heterocycles. The molecule has 1 saturated heterocycles. The molecule has 0 aromatic carbocycles. The van der Waals surface area contributed by atoms with Crippen molar-refractivity contribution in [3.05, 3.63) is 41.2 Å². The minimum atomic E-state index is -0.126. The lowest BCUT2D eigenvalue weighted by atomic mass is 10.1. The first-order chi connectivity index (χ1) is 10.8. The maximum atomic E-state index is 12.6. The van der Waals surface area contributed by atoms with Crippen molar-refractivity contribution in [1.82, 2.24) is 15.1 Å². The topological polar surface area (TPSA) is 67.5 Å². The number of hydrogen-bond acceptors (Lipinski definition) is 5. The third-order valence-corrected chi connectivity index (χ3v) is 4.78. The van der Waals surface area contributed by atoms with Crippen LogP contribution < -0.4 is 0 Å². The molecule has 1 fully saturated rings. The van der Waals surface area contributed by atoms with Crippen LogP contribution in [-0.4, -0.2) is 53.4 Å². The number of carbonyl (C=O) groups is 1. The van der Waals surface area contributed by atoms with Gasteiger partial charge in [0.2, 0.25) is 0 Å². The molecule has 1 N–H and O–H groups in total. The van der Waals surface area contributed by atoms with Crippen molar-refractivity contribution < 1.29 is 14.3 Å². The monoisotopic (exact) mass is 317 g/mol. The fraction of sp³-hybridized carbons (Fsp3) is 0.333. The number of aromatic nitrogens is 2. The maximum Gasteiger partial charge on any atom is 0.255 e. The number of amides is 1. The number of nitrogens with one attached hydrogen (secondary N) is 1. The standard InChI is InChI=1S/C15H15N3O3S/c19-15(10-5-14(22-9-10)11-6-16-17-7-11)18-2-1-12-13(8-18)21-4-3-20-12/h1,5-7,9,13H,2-4,8H2,(H,16,17). The molecule has 4 heterocycles. The molecule has 1 atom stereocenters. The summed E-state index contributed by atoms with van der Waals surface area (Å²) in [6.07, 6.45) is 5.39. The minimum Gasteiger partial charge on any atom is -0.493 e. The van der Waals surface area contributed by atoms with Crippen LogP contribution in [0, 0.1) is 0 Å². The summed E-state index contributed by atoms with van der Waals surface area (Å²) in [4.78, 5) is 15.5. The molecule has 0 radical (unpaired) electrons. The van der Waals surface area contributed by atoms with E-state index in [0.717, 1.165) is 16.2 Å². The zero-order valence-electron chi connectivity index (χ0n) is 11.8. The molecule has 6 nitrogen and oxygen atoms in total. The highest BCUT2D eigenvalue weighted by atomic mass is 32.1. The van der Waals surface area contributed by atoms with Gasteiger partial charge in [-0.25, -0.2) is 0 Å². The van der Waals surface area contributed by atoms with E-state index in [2.05, 4.69) is 10.2 Å². The fourth-order valence-electron chi connectivity index (χ4n) is 2.67. The van der Waals surface area contributed by atoms with Crippen molar-refractivity contribution >= 4 is 17.2 Å². The van der Waals surface area contributed by atoms with Crippen molar-refractivity contribution in [2.75, 3.05) is 26.3 Å². The molecule has 22 heavy (non-hydrogen) atoms. The lowest BCUT2D eigenvalue weighted by Crippen LogP contribution is -2.45. The first-order valence-corrected chi connectivity index (χ1v) is 8.00. The van der Waals surface area contributed by atoms with E-state index in [1.54, 1.807) is 22.4 Å². The Balaban J connectivity index is 1.51. The smallest absolute Gasteiger partial charge is 0.255 e. The van der Waals surface area contributed by atoms with Gasteiger partial charge < -0.3 is 14.4 Å². The van der Waals surface area contributed by atoms with Crippen LogP contribution >= 0.6 is 11.3 Å². The number of rotatable bonds is 2. The Morgan fingerprint density at radius 1 is 1.45 bits per heavy atom. The van der Waals surface area contributed by atoms with Crippen molar-refractivity contribution in [3.8, 4) is 10.4 Å². The highest BCUT2D eigenvalue weighted by Crippen LogP contribution is 2.28. The molecule has 1 unspecified atom stereocenters. The van der Waals surface area contributed by atoms with Gasteiger partial charge in [-0.05, 0) is 12.1 Å². The number of aromatic amines is 1. The normalized spacial score (nSPS) is 21.0. The van der Waals surface area contributed by atoms with E-state index in [1.165, 1.54) is 0 Å². The summed E-state index contributed by atoms with van der Waals surface area (Å²) in [5.41, 5.74) is 1.70. The van der Waals surface area contributed by atoms with Gasteiger partial charge in [0, 0.05) is 28.6 Å². The van der Waals surface area contributed by atoms with Crippen LogP contribution in [0.2, 0.25) is 0 Å². The lowest BCUT2D eigenvalue weighted by molar-refractivity contribution is -0.0574. The molecule has 2 aromatic rings. The van der Waals surface area contributed by atoms with Crippen molar-refractivity contribution in [2.24, 2.45) is 0 Å². The van der Waals surface area contributed by atoms with E-state index >= 15 is 0 Å². The Bertz CT molecular complexity index is 707. The van der Waals surface area contributed by atoms with E-state index in [9.17, 15) is 4.79 Å². The van der Waals surface area contributed by atoms with Gasteiger partial charge in [-0.1, -0.05) is 0 Å². The Kier molecular flexibility index (Phi) is 3.44. The summed E-state index contributed by atoms with van der Waals surface area (Å²) in [5.74, 6) is 0.884. The summed E-state index contributed by atoms with van der Waals surface area (Å²) >= 11 is 1.54. The number of ether oxygens (including phenoxy) is 2. The van der Waals surface area contributed by atoms with Crippen molar-refractivity contribution in [1.29, 1.82) is 0 Å². The minimum absolute atomic E-state index is 0.0236. The van der Waals surface area contributed by atoms with E-state index in [1.807, 2.05) is 23.7 Å². The van der Waals surface area contributed by atoms with Gasteiger partial charge in [-0.3, -0.25) is 9.89 Å². The molecular weight excluding hydrogens is 302 g/mol. The molecule has 0 saturated carbocycles. The lowest BCUT2D eigenvalue weighted by Gasteiger charge is -2.35. The Hall–Kier alpha value is -2.12. The molecular formula is C15H15N3O3S. The van der Waals surface area contributed by atoms with Crippen LogP contribution in [0.1, 0.15) is 10.4 Å². The third kappa shape index (κ3) is 2.42. The molecule has 1 amide bonds. The number of fused-ring (bicyclic) bond motifs is 1. The molecule has 0 spiro atoms. The molecule has 0 bridgehead atoms. The zero-order valence-corrected chi connectivity index (χ0v) is 12.6. The van der Waals surface area contributed by atoms with Crippen LogP contribution in [-0.2, 0) is 9.47 Å². The second kappa shape index (κ2) is 5.58. The van der Waals surface area contributed by atoms with E-state index in [4.69, 9.17) is 9.47 Å². The largest absolute Gasteiger partial charge is 0.493 e. The van der Waals surface area contributed by atoms with Gasteiger partial charge in [0.05, 0.1) is 24.9 Å². The summed E-state index contributed by atoms with van der Waals surface area (Å²) in [6.45, 7) is 2.27. The molecule has 0 aliphatic carbocycles. The summed E-state index contributed by atoms with van der Waals surface area (Å²) in [6, 6.07) is 1.91. The van der Waals surface area contributed by atoms with Gasteiger partial charge in [-0.2, -0.15) is 5.10 Å². The number of thiophene rings is 1. The predicted octanol–water partition coefficient (Wildman–Crippen LogP) is 1.89. The van der Waals surface area contributed by atoms with Crippen LogP contribution in [0.3, 0.4) is 0 Å². The number of hydrogen-bond donors (Lipinski definition) is 1. The molecule has 2 aromatic heterocycles. The van der Waals surface area contributed by atoms with E-state index < -0.39 is 0 Å². The zero-order chi connectivity index (χ0) is 14.9. The van der Waals surface area contributed by atoms with E-state index in [-0.39, 0.29) is 12.0 Å². The van der Waals surface area contributed by atoms with Crippen LogP contribution in [0.25, 0.3) is 10.4 Å². The molecule has 7 heteroatoms. The second-order valence-electron chi connectivity index (χ2n) is 5.21.